The van der Waals surface area contributed by atoms with Crippen molar-refractivity contribution < 1.29 is 14.3 Å². The van der Waals surface area contributed by atoms with Crippen LogP contribution < -0.4 is 14.8 Å². The van der Waals surface area contributed by atoms with Gasteiger partial charge < -0.3 is 14.8 Å². The molecule has 0 saturated heterocycles. The summed E-state index contributed by atoms with van der Waals surface area (Å²) in [5.74, 6) is 1.84. The Kier molecular flexibility index (Phi) is 8.38. The third-order valence-electron chi connectivity index (χ3n) is 6.46. The highest BCUT2D eigenvalue weighted by molar-refractivity contribution is 5.82. The van der Waals surface area contributed by atoms with Crippen LogP contribution in [0.3, 0.4) is 0 Å². The van der Waals surface area contributed by atoms with Crippen LogP contribution in [-0.2, 0) is 4.79 Å². The van der Waals surface area contributed by atoms with Gasteiger partial charge in [0.05, 0.1) is 24.3 Å². The van der Waals surface area contributed by atoms with Gasteiger partial charge >= 0.3 is 0 Å². The minimum atomic E-state index is -0.430. The summed E-state index contributed by atoms with van der Waals surface area (Å²) >= 11 is 0. The zero-order valence-electron chi connectivity index (χ0n) is 20.3. The van der Waals surface area contributed by atoms with Crippen LogP contribution >= 0.6 is 0 Å². The Morgan fingerprint density at radius 1 is 1.09 bits per heavy atom. The molecule has 0 aromatic heterocycles. The summed E-state index contributed by atoms with van der Waals surface area (Å²) in [6, 6.07) is 15.8. The topological polar surface area (TPSA) is 71.3 Å². The quantitative estimate of drug-likeness (QED) is 0.487. The molecule has 1 fully saturated rings. The standard InChI is InChI=1S/C28H36N2O3/c1-20-6-7-21(2)26(18-20)32-17-5-16-28(3,4)27(31)30-23-10-14-25(15-11-23)33-24-12-8-22(19-29)9-13-24/h6-9,12-13,18,23,25H,5,10-11,14-17H2,1-4H3,(H,30,31). The molecule has 5 nitrogen and oxygen atoms in total. The van der Waals surface area contributed by atoms with Crippen LogP contribution in [0.5, 0.6) is 11.5 Å². The number of nitrogens with zero attached hydrogens (tertiary/aromatic N) is 1. The van der Waals surface area contributed by atoms with E-state index in [0.717, 1.165) is 55.6 Å². The number of carbonyl (C=O) groups excluding carboxylic acids is 1. The Morgan fingerprint density at radius 2 is 1.79 bits per heavy atom. The average Bonchev–Trinajstić information content (AvgIpc) is 2.80. The number of hydrogen-bond donors (Lipinski definition) is 1. The van der Waals surface area contributed by atoms with E-state index < -0.39 is 5.41 Å². The maximum atomic E-state index is 12.9. The predicted molar refractivity (Wildman–Crippen MR) is 130 cm³/mol. The molecule has 0 heterocycles. The molecule has 1 amide bonds. The maximum absolute atomic E-state index is 12.9. The van der Waals surface area contributed by atoms with Crippen molar-refractivity contribution in [2.75, 3.05) is 6.61 Å². The molecule has 2 aromatic carbocycles. The number of ether oxygens (including phenoxy) is 2. The largest absolute Gasteiger partial charge is 0.493 e. The summed E-state index contributed by atoms with van der Waals surface area (Å²) in [6.07, 6.45) is 5.42. The molecule has 0 atom stereocenters. The van der Waals surface area contributed by atoms with E-state index in [0.29, 0.717) is 12.2 Å². The zero-order chi connectivity index (χ0) is 23.8. The van der Waals surface area contributed by atoms with E-state index in [-0.39, 0.29) is 18.1 Å². The highest BCUT2D eigenvalue weighted by atomic mass is 16.5. The Hall–Kier alpha value is -3.00. The molecule has 1 aliphatic carbocycles. The first-order valence-electron chi connectivity index (χ1n) is 11.9. The Balaban J connectivity index is 1.38. The first kappa shape index (κ1) is 24.6. The van der Waals surface area contributed by atoms with Gasteiger partial charge in [0, 0.05) is 11.5 Å². The highest BCUT2D eigenvalue weighted by Crippen LogP contribution is 2.27. The summed E-state index contributed by atoms with van der Waals surface area (Å²) in [5.41, 5.74) is 2.53. The summed E-state index contributed by atoms with van der Waals surface area (Å²) < 4.78 is 12.0. The molecular weight excluding hydrogens is 412 g/mol. The summed E-state index contributed by atoms with van der Waals surface area (Å²) in [6.45, 7) is 8.75. The fourth-order valence-electron chi connectivity index (χ4n) is 4.18. The first-order chi connectivity index (χ1) is 15.8. The van der Waals surface area contributed by atoms with Gasteiger partial charge in [-0.25, -0.2) is 0 Å². The lowest BCUT2D eigenvalue weighted by Crippen LogP contribution is -2.45. The van der Waals surface area contributed by atoms with Crippen LogP contribution in [0.4, 0.5) is 0 Å². The Bertz CT molecular complexity index is 968. The summed E-state index contributed by atoms with van der Waals surface area (Å²) in [5, 5.41) is 12.2. The number of hydrogen-bond acceptors (Lipinski definition) is 4. The molecule has 3 rings (SSSR count). The van der Waals surface area contributed by atoms with Gasteiger partial charge in [-0.2, -0.15) is 5.26 Å². The van der Waals surface area contributed by atoms with Crippen molar-refractivity contribution in [2.45, 2.75) is 78.4 Å². The lowest BCUT2D eigenvalue weighted by molar-refractivity contribution is -0.130. The molecule has 176 valence electrons. The summed E-state index contributed by atoms with van der Waals surface area (Å²) in [4.78, 5) is 12.9. The fraction of sp³-hybridized carbons (Fsp3) is 0.500. The summed E-state index contributed by atoms with van der Waals surface area (Å²) in [7, 11) is 0. The van der Waals surface area contributed by atoms with Gasteiger partial charge in [0.2, 0.25) is 5.91 Å². The molecule has 33 heavy (non-hydrogen) atoms. The second kappa shape index (κ2) is 11.2. The molecule has 1 saturated carbocycles. The smallest absolute Gasteiger partial charge is 0.225 e. The number of nitrogens with one attached hydrogen (secondary N) is 1. The Morgan fingerprint density at radius 3 is 2.45 bits per heavy atom. The number of carbonyl (C=O) groups is 1. The van der Waals surface area contributed by atoms with E-state index in [9.17, 15) is 4.79 Å². The number of nitriles is 1. The van der Waals surface area contributed by atoms with Crippen molar-refractivity contribution in [3.63, 3.8) is 0 Å². The zero-order valence-corrected chi connectivity index (χ0v) is 20.3. The lowest BCUT2D eigenvalue weighted by Gasteiger charge is -2.32. The van der Waals surface area contributed by atoms with Crippen LogP contribution in [-0.4, -0.2) is 24.7 Å². The van der Waals surface area contributed by atoms with Gasteiger partial charge in [0.1, 0.15) is 11.5 Å². The van der Waals surface area contributed by atoms with Gasteiger partial charge in [-0.15, -0.1) is 0 Å². The van der Waals surface area contributed by atoms with E-state index in [2.05, 4.69) is 43.4 Å². The SMILES string of the molecule is Cc1ccc(C)c(OCCCC(C)(C)C(=O)NC2CCC(Oc3ccc(C#N)cc3)CC2)c1. The molecule has 5 heteroatoms. The second-order valence-corrected chi connectivity index (χ2v) is 9.81. The number of rotatable bonds is 9. The molecule has 0 unspecified atom stereocenters. The monoisotopic (exact) mass is 448 g/mol. The lowest BCUT2D eigenvalue weighted by atomic mass is 9.85. The third kappa shape index (κ3) is 7.25. The van der Waals surface area contributed by atoms with E-state index in [1.165, 1.54) is 5.56 Å². The van der Waals surface area contributed by atoms with Gasteiger partial charge in [0.25, 0.3) is 0 Å². The number of benzene rings is 2. The first-order valence-corrected chi connectivity index (χ1v) is 11.9. The number of amides is 1. The van der Waals surface area contributed by atoms with Crippen molar-refractivity contribution in [2.24, 2.45) is 5.41 Å². The van der Waals surface area contributed by atoms with Crippen molar-refractivity contribution >= 4 is 5.91 Å². The van der Waals surface area contributed by atoms with Gasteiger partial charge in [-0.05, 0) is 93.8 Å². The van der Waals surface area contributed by atoms with Crippen molar-refractivity contribution in [3.8, 4) is 17.6 Å². The average molecular weight is 449 g/mol. The van der Waals surface area contributed by atoms with Crippen LogP contribution in [0.15, 0.2) is 42.5 Å². The van der Waals surface area contributed by atoms with E-state index in [1.807, 2.05) is 26.0 Å². The minimum absolute atomic E-state index is 0.116. The van der Waals surface area contributed by atoms with Crippen LogP contribution in [0.2, 0.25) is 0 Å². The van der Waals surface area contributed by atoms with Crippen LogP contribution in [0, 0.1) is 30.6 Å². The molecule has 0 bridgehead atoms. The van der Waals surface area contributed by atoms with Gasteiger partial charge in [0.15, 0.2) is 0 Å². The van der Waals surface area contributed by atoms with Crippen molar-refractivity contribution in [1.82, 2.24) is 5.32 Å². The van der Waals surface area contributed by atoms with Crippen LogP contribution in [0.1, 0.15) is 69.1 Å². The van der Waals surface area contributed by atoms with Crippen molar-refractivity contribution in [3.05, 3.63) is 59.2 Å². The molecule has 2 aromatic rings. The molecule has 0 spiro atoms. The van der Waals surface area contributed by atoms with E-state index in [4.69, 9.17) is 14.7 Å². The van der Waals surface area contributed by atoms with Crippen molar-refractivity contribution in [1.29, 1.82) is 5.26 Å². The Labute approximate surface area is 198 Å². The van der Waals surface area contributed by atoms with E-state index >= 15 is 0 Å². The van der Waals surface area contributed by atoms with Crippen LogP contribution in [0.25, 0.3) is 0 Å². The second-order valence-electron chi connectivity index (χ2n) is 9.81. The minimum Gasteiger partial charge on any atom is -0.493 e. The molecule has 0 radical (unpaired) electrons. The van der Waals surface area contributed by atoms with Gasteiger partial charge in [-0.3, -0.25) is 4.79 Å². The normalized spacial score (nSPS) is 18.3. The molecular formula is C28H36N2O3. The third-order valence-corrected chi connectivity index (χ3v) is 6.46. The molecule has 1 N–H and O–H groups in total. The fourth-order valence-corrected chi connectivity index (χ4v) is 4.18. The predicted octanol–water partition coefficient (Wildman–Crippen LogP) is 5.87. The highest BCUT2D eigenvalue weighted by Gasteiger charge is 2.31. The van der Waals surface area contributed by atoms with Gasteiger partial charge in [-0.1, -0.05) is 26.0 Å². The molecule has 0 aliphatic heterocycles. The maximum Gasteiger partial charge on any atom is 0.225 e. The van der Waals surface area contributed by atoms with E-state index in [1.54, 1.807) is 12.1 Å². The molecule has 1 aliphatic rings. The number of aryl methyl sites for hydroxylation is 2.